The number of primary amides is 1. The first-order chi connectivity index (χ1) is 8.99. The molecular formula is C12H13N5O2. The summed E-state index contributed by atoms with van der Waals surface area (Å²) < 4.78 is 1.37. The number of hydrogen-bond donors (Lipinski definition) is 3. The molecule has 98 valence electrons. The van der Waals surface area contributed by atoms with E-state index >= 15 is 0 Å². The minimum atomic E-state index is -0.652. The minimum absolute atomic E-state index is 0.159. The normalized spacial score (nSPS) is 10.2. The zero-order valence-electron chi connectivity index (χ0n) is 10.3. The van der Waals surface area contributed by atoms with Gasteiger partial charge in [-0.05, 0) is 24.3 Å². The number of nitrogen functional groups attached to an aromatic ring is 1. The topological polar surface area (TPSA) is 116 Å². The van der Waals surface area contributed by atoms with E-state index in [1.54, 1.807) is 31.3 Å². The van der Waals surface area contributed by atoms with Gasteiger partial charge in [-0.1, -0.05) is 0 Å². The van der Waals surface area contributed by atoms with Gasteiger partial charge in [-0.3, -0.25) is 14.3 Å². The Morgan fingerprint density at radius 1 is 1.26 bits per heavy atom. The highest BCUT2D eigenvalue weighted by Gasteiger charge is 2.16. The van der Waals surface area contributed by atoms with Crippen molar-refractivity contribution in [3.05, 3.63) is 41.6 Å². The summed E-state index contributed by atoms with van der Waals surface area (Å²) >= 11 is 0. The number of nitrogens with two attached hydrogens (primary N) is 2. The Balaban J connectivity index is 2.26. The van der Waals surface area contributed by atoms with Gasteiger partial charge in [-0.25, -0.2) is 0 Å². The fourth-order valence-corrected chi connectivity index (χ4v) is 1.58. The molecule has 2 rings (SSSR count). The van der Waals surface area contributed by atoms with Crippen LogP contribution in [0.2, 0.25) is 0 Å². The van der Waals surface area contributed by atoms with E-state index in [9.17, 15) is 9.59 Å². The average Bonchev–Trinajstić information content (AvgIpc) is 2.72. The molecule has 0 spiro atoms. The van der Waals surface area contributed by atoms with Crippen molar-refractivity contribution in [3.8, 4) is 0 Å². The van der Waals surface area contributed by atoms with Crippen LogP contribution >= 0.6 is 0 Å². The van der Waals surface area contributed by atoms with Gasteiger partial charge < -0.3 is 16.8 Å². The van der Waals surface area contributed by atoms with Crippen molar-refractivity contribution in [1.82, 2.24) is 9.78 Å². The lowest BCUT2D eigenvalue weighted by Crippen LogP contribution is -2.19. The Hall–Kier alpha value is -2.83. The summed E-state index contributed by atoms with van der Waals surface area (Å²) in [5, 5.41) is 6.48. The van der Waals surface area contributed by atoms with Crippen molar-refractivity contribution in [2.24, 2.45) is 12.8 Å². The lowest BCUT2D eigenvalue weighted by Gasteiger charge is -2.07. The van der Waals surface area contributed by atoms with Gasteiger partial charge in [-0.15, -0.1) is 0 Å². The highest BCUT2D eigenvalue weighted by molar-refractivity contribution is 6.08. The quantitative estimate of drug-likeness (QED) is 0.690. The molecule has 2 aromatic rings. The monoisotopic (exact) mass is 259 g/mol. The van der Waals surface area contributed by atoms with Gasteiger partial charge in [0.2, 0.25) is 0 Å². The standard InChI is InChI=1S/C12H13N5O2/c1-17-11(9(6-15-17)10(14)18)16-12(19)7-2-4-8(13)5-3-7/h2-6H,13H2,1H3,(H2,14,18)(H,16,19). The van der Waals surface area contributed by atoms with Crippen LogP contribution in [0.25, 0.3) is 0 Å². The molecule has 0 aliphatic heterocycles. The second-order valence-electron chi connectivity index (χ2n) is 3.97. The van der Waals surface area contributed by atoms with E-state index in [-0.39, 0.29) is 17.3 Å². The SMILES string of the molecule is Cn1ncc(C(N)=O)c1NC(=O)c1ccc(N)cc1. The maximum Gasteiger partial charge on any atom is 0.256 e. The molecule has 7 nitrogen and oxygen atoms in total. The first-order valence-corrected chi connectivity index (χ1v) is 5.47. The molecule has 0 unspecified atom stereocenters. The Kier molecular flexibility index (Phi) is 3.19. The van der Waals surface area contributed by atoms with Gasteiger partial charge >= 0.3 is 0 Å². The molecule has 1 aromatic heterocycles. The van der Waals surface area contributed by atoms with Crippen LogP contribution in [0, 0.1) is 0 Å². The second kappa shape index (κ2) is 4.81. The molecule has 0 saturated carbocycles. The van der Waals surface area contributed by atoms with Crippen molar-refractivity contribution in [2.45, 2.75) is 0 Å². The summed E-state index contributed by atoms with van der Waals surface area (Å²) in [5.74, 6) is -0.763. The molecule has 0 bridgehead atoms. The Morgan fingerprint density at radius 2 is 1.89 bits per heavy atom. The third-order valence-electron chi connectivity index (χ3n) is 2.61. The van der Waals surface area contributed by atoms with Crippen LogP contribution in [-0.4, -0.2) is 21.6 Å². The third kappa shape index (κ3) is 2.54. The van der Waals surface area contributed by atoms with Crippen molar-refractivity contribution in [1.29, 1.82) is 0 Å². The molecule has 2 amide bonds. The second-order valence-corrected chi connectivity index (χ2v) is 3.97. The van der Waals surface area contributed by atoms with Gasteiger partial charge in [0.25, 0.3) is 11.8 Å². The molecule has 5 N–H and O–H groups in total. The number of anilines is 2. The van der Waals surface area contributed by atoms with Gasteiger partial charge in [0.05, 0.1) is 6.20 Å². The minimum Gasteiger partial charge on any atom is -0.399 e. The van der Waals surface area contributed by atoms with Crippen LogP contribution in [0.1, 0.15) is 20.7 Å². The molecule has 0 fully saturated rings. The van der Waals surface area contributed by atoms with Crippen LogP contribution < -0.4 is 16.8 Å². The van der Waals surface area contributed by atoms with E-state index in [1.807, 2.05) is 0 Å². The first-order valence-electron chi connectivity index (χ1n) is 5.47. The Morgan fingerprint density at radius 3 is 2.47 bits per heavy atom. The summed E-state index contributed by atoms with van der Waals surface area (Å²) in [6, 6.07) is 6.41. The summed E-state index contributed by atoms with van der Waals surface area (Å²) in [4.78, 5) is 23.2. The fraction of sp³-hybridized carbons (Fsp3) is 0.0833. The van der Waals surface area contributed by atoms with Crippen LogP contribution in [0.4, 0.5) is 11.5 Å². The first kappa shape index (κ1) is 12.6. The molecule has 0 saturated heterocycles. The number of hydrogen-bond acceptors (Lipinski definition) is 4. The molecule has 19 heavy (non-hydrogen) atoms. The molecule has 0 atom stereocenters. The van der Waals surface area contributed by atoms with Crippen molar-refractivity contribution >= 4 is 23.3 Å². The number of carbonyl (C=O) groups is 2. The molecule has 0 aliphatic rings. The molecule has 1 heterocycles. The van der Waals surface area contributed by atoms with E-state index in [2.05, 4.69) is 10.4 Å². The molecule has 0 aliphatic carbocycles. The van der Waals surface area contributed by atoms with E-state index in [1.165, 1.54) is 10.9 Å². The Bertz CT molecular complexity index is 630. The number of amides is 2. The highest BCUT2D eigenvalue weighted by Crippen LogP contribution is 2.15. The average molecular weight is 259 g/mol. The van der Waals surface area contributed by atoms with Gasteiger partial charge in [0, 0.05) is 18.3 Å². The largest absolute Gasteiger partial charge is 0.399 e. The lowest BCUT2D eigenvalue weighted by molar-refractivity contribution is 0.100. The maximum absolute atomic E-state index is 12.0. The molecule has 7 heteroatoms. The molecular weight excluding hydrogens is 246 g/mol. The van der Waals surface area contributed by atoms with Gasteiger partial charge in [-0.2, -0.15) is 5.10 Å². The van der Waals surface area contributed by atoms with E-state index in [0.717, 1.165) is 0 Å². The Labute approximate surface area is 109 Å². The number of carbonyl (C=O) groups excluding carboxylic acids is 2. The van der Waals surface area contributed by atoms with E-state index in [0.29, 0.717) is 11.3 Å². The summed E-state index contributed by atoms with van der Waals surface area (Å²) in [5.41, 5.74) is 11.9. The number of aromatic nitrogens is 2. The zero-order valence-corrected chi connectivity index (χ0v) is 10.3. The van der Waals surface area contributed by atoms with Crippen molar-refractivity contribution < 1.29 is 9.59 Å². The predicted molar refractivity (Wildman–Crippen MR) is 70.5 cm³/mol. The van der Waals surface area contributed by atoms with E-state index in [4.69, 9.17) is 11.5 Å². The molecule has 1 aromatic carbocycles. The smallest absolute Gasteiger partial charge is 0.256 e. The molecule has 0 radical (unpaired) electrons. The van der Waals surface area contributed by atoms with Gasteiger partial charge in [0.15, 0.2) is 0 Å². The van der Waals surface area contributed by atoms with Crippen molar-refractivity contribution in [3.63, 3.8) is 0 Å². The van der Waals surface area contributed by atoms with E-state index < -0.39 is 5.91 Å². The van der Waals surface area contributed by atoms with Crippen LogP contribution in [0.15, 0.2) is 30.5 Å². The third-order valence-corrected chi connectivity index (χ3v) is 2.61. The summed E-state index contributed by atoms with van der Waals surface area (Å²) in [6.45, 7) is 0. The number of aryl methyl sites for hydroxylation is 1. The van der Waals surface area contributed by atoms with Crippen molar-refractivity contribution in [2.75, 3.05) is 11.1 Å². The fourth-order valence-electron chi connectivity index (χ4n) is 1.58. The lowest BCUT2D eigenvalue weighted by atomic mass is 10.2. The zero-order chi connectivity index (χ0) is 14.0. The number of benzene rings is 1. The predicted octanol–water partition coefficient (Wildman–Crippen LogP) is 0.354. The summed E-state index contributed by atoms with van der Waals surface area (Å²) in [7, 11) is 1.60. The van der Waals surface area contributed by atoms with Gasteiger partial charge in [0.1, 0.15) is 11.4 Å². The van der Waals surface area contributed by atoms with Crippen LogP contribution in [0.5, 0.6) is 0 Å². The number of nitrogens with one attached hydrogen (secondary N) is 1. The van der Waals surface area contributed by atoms with Crippen LogP contribution in [0.3, 0.4) is 0 Å². The maximum atomic E-state index is 12.0. The number of rotatable bonds is 3. The highest BCUT2D eigenvalue weighted by atomic mass is 16.2. The summed E-state index contributed by atoms with van der Waals surface area (Å²) in [6.07, 6.45) is 1.31. The van der Waals surface area contributed by atoms with Crippen LogP contribution in [-0.2, 0) is 7.05 Å². The number of nitrogens with zero attached hydrogens (tertiary/aromatic N) is 2.